The van der Waals surface area contributed by atoms with Gasteiger partial charge < -0.3 is 19.6 Å². The van der Waals surface area contributed by atoms with Gasteiger partial charge in [-0.15, -0.1) is 0 Å². The van der Waals surface area contributed by atoms with E-state index in [1.807, 2.05) is 93.6 Å². The molecule has 212 valence electrons. The number of nitrogens with zero attached hydrogens (tertiary/aromatic N) is 5. The summed E-state index contributed by atoms with van der Waals surface area (Å²) in [5.41, 5.74) is 2.79. The molecule has 2 aromatic carbocycles. The topological polar surface area (TPSA) is 99.1 Å². The van der Waals surface area contributed by atoms with Crippen LogP contribution in [0.15, 0.2) is 66.0 Å². The van der Waals surface area contributed by atoms with Gasteiger partial charge in [0.25, 0.3) is 5.91 Å². The van der Waals surface area contributed by atoms with Crippen LogP contribution in [0.3, 0.4) is 0 Å². The van der Waals surface area contributed by atoms with Crippen LogP contribution in [0.5, 0.6) is 0 Å². The minimum absolute atomic E-state index is 0.145. The third-order valence-corrected chi connectivity index (χ3v) is 7.20. The van der Waals surface area contributed by atoms with Gasteiger partial charge in [-0.05, 0) is 34.9 Å². The number of hydrogen-bond acceptors (Lipinski definition) is 7. The highest BCUT2D eigenvalue weighted by Crippen LogP contribution is 2.29. The van der Waals surface area contributed by atoms with Gasteiger partial charge in [0.1, 0.15) is 11.4 Å². The fourth-order valence-electron chi connectivity index (χ4n) is 4.71. The maximum atomic E-state index is 13.5. The first-order valence-corrected chi connectivity index (χ1v) is 14.4. The summed E-state index contributed by atoms with van der Waals surface area (Å²) in [6.45, 7) is 8.03. The first kappa shape index (κ1) is 29.4. The molecule has 4 rings (SSSR count). The highest BCUT2D eigenvalue weighted by Gasteiger charge is 2.30. The third-order valence-electron chi connectivity index (χ3n) is 6.64. The van der Waals surface area contributed by atoms with Gasteiger partial charge in [0.2, 0.25) is 0 Å². The number of benzene rings is 2. The van der Waals surface area contributed by atoms with Crippen molar-refractivity contribution in [3.05, 3.63) is 77.5 Å². The number of thioether (sulfide) groups is 1. The predicted octanol–water partition coefficient (Wildman–Crippen LogP) is 5.58. The number of rotatable bonds is 9. The Labute approximate surface area is 240 Å². The number of anilines is 2. The van der Waals surface area contributed by atoms with Crippen molar-refractivity contribution in [2.75, 3.05) is 49.3 Å². The summed E-state index contributed by atoms with van der Waals surface area (Å²) in [7, 11) is 1.93. The number of carbonyl (C=O) groups is 2. The molecule has 10 heteroatoms. The van der Waals surface area contributed by atoms with Crippen LogP contribution in [0.2, 0.25) is 0 Å². The first-order chi connectivity index (χ1) is 19.1. The standard InChI is InChI=1S/C30H37N5O4S/c1-30(2,3)20-35(29(37)38)25(22-11-7-6-8-12-22)19-39-18-21-10-9-13-23(16-21)34-15-14-33(4)26-24(27(34)36)17-31-28(32-26)40-5/h6-13,16-17,25H,14-15,18-20H2,1-5H3,(H,37,38). The van der Waals surface area contributed by atoms with Gasteiger partial charge in [0.05, 0.1) is 19.3 Å². The monoisotopic (exact) mass is 563 g/mol. The number of amides is 2. The van der Waals surface area contributed by atoms with E-state index in [1.54, 1.807) is 11.1 Å². The van der Waals surface area contributed by atoms with Crippen LogP contribution < -0.4 is 9.80 Å². The van der Waals surface area contributed by atoms with Crippen molar-refractivity contribution >= 4 is 35.3 Å². The summed E-state index contributed by atoms with van der Waals surface area (Å²) in [6, 6.07) is 16.8. The van der Waals surface area contributed by atoms with Crippen LogP contribution in [0.4, 0.5) is 16.3 Å². The van der Waals surface area contributed by atoms with E-state index in [0.717, 1.165) is 16.8 Å². The molecule has 40 heavy (non-hydrogen) atoms. The smallest absolute Gasteiger partial charge is 0.407 e. The Morgan fingerprint density at radius 3 is 2.58 bits per heavy atom. The molecular weight excluding hydrogens is 526 g/mol. The van der Waals surface area contributed by atoms with Crippen molar-refractivity contribution in [3.8, 4) is 0 Å². The zero-order chi connectivity index (χ0) is 28.9. The Morgan fingerprint density at radius 1 is 1.15 bits per heavy atom. The molecule has 0 radical (unpaired) electrons. The van der Waals surface area contributed by atoms with Crippen LogP contribution >= 0.6 is 11.8 Å². The molecule has 0 saturated carbocycles. The summed E-state index contributed by atoms with van der Waals surface area (Å²) >= 11 is 1.44. The van der Waals surface area contributed by atoms with Crippen molar-refractivity contribution in [1.82, 2.24) is 14.9 Å². The second kappa shape index (κ2) is 12.7. The Kier molecular flexibility index (Phi) is 9.32. The Bertz CT molecular complexity index is 1330. The van der Waals surface area contributed by atoms with Gasteiger partial charge in [0, 0.05) is 38.6 Å². The molecule has 0 fully saturated rings. The van der Waals surface area contributed by atoms with Crippen molar-refractivity contribution < 1.29 is 19.4 Å². The van der Waals surface area contributed by atoms with Gasteiger partial charge in [-0.2, -0.15) is 0 Å². The molecule has 1 N–H and O–H groups in total. The fraction of sp³-hybridized carbons (Fsp3) is 0.400. The van der Waals surface area contributed by atoms with E-state index in [0.29, 0.717) is 36.2 Å². The lowest BCUT2D eigenvalue weighted by atomic mass is 9.94. The number of fused-ring (bicyclic) bond motifs is 1. The summed E-state index contributed by atoms with van der Waals surface area (Å²) in [6.07, 6.45) is 2.53. The maximum absolute atomic E-state index is 13.5. The van der Waals surface area contributed by atoms with E-state index in [1.165, 1.54) is 16.7 Å². The number of carbonyl (C=O) groups excluding carboxylic acids is 1. The molecule has 0 bridgehead atoms. The van der Waals surface area contributed by atoms with Crippen LogP contribution in [0.1, 0.15) is 48.3 Å². The molecule has 2 heterocycles. The number of carboxylic acid groups (broad SMARTS) is 1. The largest absolute Gasteiger partial charge is 0.465 e. The number of hydrogen-bond donors (Lipinski definition) is 1. The van der Waals surface area contributed by atoms with E-state index in [4.69, 9.17) is 4.74 Å². The predicted molar refractivity (Wildman–Crippen MR) is 158 cm³/mol. The van der Waals surface area contributed by atoms with Crippen molar-refractivity contribution in [2.45, 2.75) is 38.6 Å². The Balaban J connectivity index is 1.51. The van der Waals surface area contributed by atoms with E-state index in [9.17, 15) is 14.7 Å². The summed E-state index contributed by atoms with van der Waals surface area (Å²) < 4.78 is 6.14. The van der Waals surface area contributed by atoms with Gasteiger partial charge in [-0.1, -0.05) is 75.0 Å². The fourth-order valence-corrected chi connectivity index (χ4v) is 5.05. The molecule has 3 aromatic rings. The third kappa shape index (κ3) is 7.11. The normalized spacial score (nSPS) is 14.5. The summed E-state index contributed by atoms with van der Waals surface area (Å²) in [5.74, 6) is 0.491. The average molecular weight is 564 g/mol. The van der Waals surface area contributed by atoms with Gasteiger partial charge >= 0.3 is 6.09 Å². The molecule has 1 aliphatic rings. The zero-order valence-electron chi connectivity index (χ0n) is 23.7. The SMILES string of the molecule is CSc1ncc2c(n1)N(C)CCN(c1cccc(COCC(c3ccccc3)N(CC(C)(C)C)C(=O)O)c1)C2=O. The van der Waals surface area contributed by atoms with Crippen LogP contribution in [0.25, 0.3) is 0 Å². The lowest BCUT2D eigenvalue weighted by molar-refractivity contribution is 0.0369. The molecule has 0 aliphatic carbocycles. The molecular formula is C30H37N5O4S. The van der Waals surface area contributed by atoms with Gasteiger partial charge in [-0.25, -0.2) is 14.8 Å². The molecule has 0 saturated heterocycles. The van der Waals surface area contributed by atoms with Gasteiger partial charge in [0.15, 0.2) is 5.16 Å². The zero-order valence-corrected chi connectivity index (χ0v) is 24.5. The second-order valence-electron chi connectivity index (χ2n) is 11.1. The lowest BCUT2D eigenvalue weighted by Crippen LogP contribution is -2.41. The van der Waals surface area contributed by atoms with E-state index < -0.39 is 12.1 Å². The first-order valence-electron chi connectivity index (χ1n) is 13.2. The Hall–Kier alpha value is -3.63. The van der Waals surface area contributed by atoms with Crippen LogP contribution in [-0.4, -0.2) is 71.5 Å². The van der Waals surface area contributed by atoms with Crippen molar-refractivity contribution in [3.63, 3.8) is 0 Å². The highest BCUT2D eigenvalue weighted by molar-refractivity contribution is 7.98. The van der Waals surface area contributed by atoms with E-state index in [2.05, 4.69) is 9.97 Å². The van der Waals surface area contributed by atoms with E-state index in [-0.39, 0.29) is 24.5 Å². The highest BCUT2D eigenvalue weighted by atomic mass is 32.2. The maximum Gasteiger partial charge on any atom is 0.407 e. The average Bonchev–Trinajstić information content (AvgIpc) is 3.05. The number of likely N-dealkylation sites (N-methyl/N-ethyl adjacent to an activating group) is 1. The van der Waals surface area contributed by atoms with Crippen molar-refractivity contribution in [2.24, 2.45) is 5.41 Å². The second-order valence-corrected chi connectivity index (χ2v) is 11.8. The molecule has 1 atom stereocenters. The molecule has 0 spiro atoms. The minimum Gasteiger partial charge on any atom is -0.465 e. The molecule has 1 aromatic heterocycles. The quantitative estimate of drug-likeness (QED) is 0.266. The number of aromatic nitrogens is 2. The molecule has 1 aliphatic heterocycles. The van der Waals surface area contributed by atoms with Crippen molar-refractivity contribution in [1.29, 1.82) is 0 Å². The lowest BCUT2D eigenvalue weighted by Gasteiger charge is -2.34. The van der Waals surface area contributed by atoms with Crippen LogP contribution in [0, 0.1) is 5.41 Å². The summed E-state index contributed by atoms with van der Waals surface area (Å²) in [4.78, 5) is 39.9. The molecule has 2 amide bonds. The minimum atomic E-state index is -0.979. The van der Waals surface area contributed by atoms with Gasteiger partial charge in [-0.3, -0.25) is 9.69 Å². The number of ether oxygens (including phenoxy) is 1. The van der Waals surface area contributed by atoms with Crippen LogP contribution in [-0.2, 0) is 11.3 Å². The molecule has 9 nitrogen and oxygen atoms in total. The summed E-state index contributed by atoms with van der Waals surface area (Å²) in [5, 5.41) is 10.7. The van der Waals surface area contributed by atoms with E-state index >= 15 is 0 Å². The molecule has 1 unspecified atom stereocenters. The Morgan fingerprint density at radius 2 is 1.90 bits per heavy atom.